The van der Waals surface area contributed by atoms with Gasteiger partial charge in [0, 0.05) is 24.7 Å². The second kappa shape index (κ2) is 3.69. The highest BCUT2D eigenvalue weighted by Crippen LogP contribution is 2.56. The fourth-order valence-electron chi connectivity index (χ4n) is 4.96. The first kappa shape index (κ1) is 11.0. The highest BCUT2D eigenvalue weighted by Gasteiger charge is 2.55. The lowest BCUT2D eigenvalue weighted by molar-refractivity contribution is -0.0373. The average molecular weight is 224 g/mol. The predicted molar refractivity (Wildman–Crippen MR) is 64.2 cm³/mol. The van der Waals surface area contributed by atoms with Gasteiger partial charge in [0.2, 0.25) is 0 Å². The van der Waals surface area contributed by atoms with Crippen molar-refractivity contribution >= 4 is 0 Å². The molecule has 92 valence electrons. The number of rotatable bonds is 4. The monoisotopic (exact) mass is 224 g/mol. The fraction of sp³-hybridized carbons (Fsp3) is 1.00. The minimum absolute atomic E-state index is 0.157. The second-order valence-electron chi connectivity index (χ2n) is 6.52. The quantitative estimate of drug-likeness (QED) is 0.707. The van der Waals surface area contributed by atoms with Crippen LogP contribution in [0.2, 0.25) is 0 Å². The Hall–Kier alpha value is -0.120. The van der Waals surface area contributed by atoms with E-state index in [1.165, 1.54) is 38.5 Å². The van der Waals surface area contributed by atoms with Crippen molar-refractivity contribution in [3.63, 3.8) is 0 Å². The molecule has 0 heterocycles. The summed E-state index contributed by atoms with van der Waals surface area (Å²) in [6.07, 6.45) is 7.89. The maximum absolute atomic E-state index is 6.54. The van der Waals surface area contributed by atoms with E-state index in [4.69, 9.17) is 10.5 Å². The summed E-state index contributed by atoms with van der Waals surface area (Å²) in [5.74, 6) is 1.78. The van der Waals surface area contributed by atoms with Crippen LogP contribution in [0.4, 0.5) is 0 Å². The lowest BCUT2D eigenvalue weighted by Gasteiger charge is -2.61. The van der Waals surface area contributed by atoms with E-state index in [2.05, 4.69) is 5.32 Å². The first-order valence-electron chi connectivity index (χ1n) is 6.66. The molecular formula is C13H24N2O. The molecule has 2 atom stereocenters. The van der Waals surface area contributed by atoms with Gasteiger partial charge < -0.3 is 15.8 Å². The van der Waals surface area contributed by atoms with Gasteiger partial charge >= 0.3 is 0 Å². The Morgan fingerprint density at radius 1 is 1.25 bits per heavy atom. The van der Waals surface area contributed by atoms with Crippen molar-refractivity contribution in [1.82, 2.24) is 5.32 Å². The first-order valence-corrected chi connectivity index (χ1v) is 6.66. The molecule has 0 aromatic carbocycles. The van der Waals surface area contributed by atoms with E-state index >= 15 is 0 Å². The summed E-state index contributed by atoms with van der Waals surface area (Å²) in [6.45, 7) is 1.79. The van der Waals surface area contributed by atoms with Crippen LogP contribution in [0.15, 0.2) is 0 Å². The molecule has 3 heteroatoms. The standard InChI is InChI=1S/C13H24N2O/c1-16-3-2-15-13-7-10-4-11(8-13)6-12(14,5-10)9-13/h10-11,15H,2-9,14H2,1H3. The number of nitrogens with one attached hydrogen (secondary N) is 1. The lowest BCUT2D eigenvalue weighted by atomic mass is 9.50. The Kier molecular flexibility index (Phi) is 2.54. The molecule has 0 amide bonds. The predicted octanol–water partition coefficient (Wildman–Crippen LogP) is 1.27. The zero-order valence-corrected chi connectivity index (χ0v) is 10.3. The van der Waals surface area contributed by atoms with Crippen LogP contribution in [0.25, 0.3) is 0 Å². The lowest BCUT2D eigenvalue weighted by Crippen LogP contribution is -2.67. The van der Waals surface area contributed by atoms with Gasteiger partial charge in [-0.05, 0) is 50.4 Å². The van der Waals surface area contributed by atoms with Crippen LogP contribution in [0, 0.1) is 11.8 Å². The fourth-order valence-corrected chi connectivity index (χ4v) is 4.96. The topological polar surface area (TPSA) is 47.3 Å². The Bertz CT molecular complexity index is 265. The molecule has 0 radical (unpaired) electrons. The molecule has 4 saturated carbocycles. The molecule has 0 aromatic rings. The van der Waals surface area contributed by atoms with Crippen LogP contribution < -0.4 is 11.1 Å². The van der Waals surface area contributed by atoms with Gasteiger partial charge in [-0.1, -0.05) is 0 Å². The van der Waals surface area contributed by atoms with E-state index in [1.807, 2.05) is 0 Å². The molecular weight excluding hydrogens is 200 g/mol. The van der Waals surface area contributed by atoms with E-state index in [0.717, 1.165) is 25.0 Å². The number of methoxy groups -OCH3 is 1. The largest absolute Gasteiger partial charge is 0.383 e. The van der Waals surface area contributed by atoms with Crippen molar-refractivity contribution in [2.45, 2.75) is 49.6 Å². The summed E-state index contributed by atoms with van der Waals surface area (Å²) < 4.78 is 5.14. The molecule has 3 N–H and O–H groups in total. The van der Waals surface area contributed by atoms with E-state index in [9.17, 15) is 0 Å². The summed E-state index contributed by atoms with van der Waals surface area (Å²) in [5.41, 5.74) is 7.05. The van der Waals surface area contributed by atoms with Gasteiger partial charge in [-0.2, -0.15) is 0 Å². The number of hydrogen-bond acceptors (Lipinski definition) is 3. The number of nitrogens with two attached hydrogens (primary N) is 1. The normalized spacial score (nSPS) is 49.9. The molecule has 2 unspecified atom stereocenters. The van der Waals surface area contributed by atoms with Crippen LogP contribution in [0.5, 0.6) is 0 Å². The maximum atomic E-state index is 6.54. The summed E-state index contributed by atoms with van der Waals surface area (Å²) in [7, 11) is 1.77. The van der Waals surface area contributed by atoms with Crippen LogP contribution in [-0.4, -0.2) is 31.3 Å². The molecule has 0 aliphatic heterocycles. The molecule has 16 heavy (non-hydrogen) atoms. The van der Waals surface area contributed by atoms with Crippen molar-refractivity contribution in [2.24, 2.45) is 17.6 Å². The summed E-state index contributed by atoms with van der Waals surface area (Å²) in [5, 5.41) is 3.75. The minimum atomic E-state index is 0.157. The van der Waals surface area contributed by atoms with Gasteiger partial charge in [-0.25, -0.2) is 0 Å². The van der Waals surface area contributed by atoms with Crippen molar-refractivity contribution < 1.29 is 4.74 Å². The van der Waals surface area contributed by atoms with E-state index in [0.29, 0.717) is 5.54 Å². The number of ether oxygens (including phenoxy) is 1. The van der Waals surface area contributed by atoms with E-state index in [1.54, 1.807) is 7.11 Å². The Labute approximate surface area is 98.1 Å². The molecule has 0 aromatic heterocycles. The maximum Gasteiger partial charge on any atom is 0.0587 e. The summed E-state index contributed by atoms with van der Waals surface area (Å²) >= 11 is 0. The third-order valence-corrected chi connectivity index (χ3v) is 4.91. The summed E-state index contributed by atoms with van der Waals surface area (Å²) in [6, 6.07) is 0. The van der Waals surface area contributed by atoms with Crippen molar-refractivity contribution in [1.29, 1.82) is 0 Å². The Balaban J connectivity index is 1.71. The van der Waals surface area contributed by atoms with Gasteiger partial charge in [0.25, 0.3) is 0 Å². The average Bonchev–Trinajstić information content (AvgIpc) is 2.13. The van der Waals surface area contributed by atoms with Crippen molar-refractivity contribution in [2.75, 3.05) is 20.3 Å². The van der Waals surface area contributed by atoms with Crippen LogP contribution in [0.3, 0.4) is 0 Å². The second-order valence-corrected chi connectivity index (χ2v) is 6.52. The van der Waals surface area contributed by atoms with Crippen LogP contribution in [-0.2, 0) is 4.74 Å². The van der Waals surface area contributed by atoms with Gasteiger partial charge in [0.05, 0.1) is 6.61 Å². The zero-order chi connectivity index (χ0) is 11.2. The van der Waals surface area contributed by atoms with Crippen molar-refractivity contribution in [3.05, 3.63) is 0 Å². The number of hydrogen-bond donors (Lipinski definition) is 2. The zero-order valence-electron chi connectivity index (χ0n) is 10.3. The molecule has 4 fully saturated rings. The smallest absolute Gasteiger partial charge is 0.0587 e. The van der Waals surface area contributed by atoms with Crippen LogP contribution >= 0.6 is 0 Å². The highest BCUT2D eigenvalue weighted by atomic mass is 16.5. The van der Waals surface area contributed by atoms with E-state index in [-0.39, 0.29) is 5.54 Å². The molecule has 3 nitrogen and oxygen atoms in total. The summed E-state index contributed by atoms with van der Waals surface area (Å²) in [4.78, 5) is 0. The third kappa shape index (κ3) is 1.79. The molecule has 4 bridgehead atoms. The van der Waals surface area contributed by atoms with Gasteiger partial charge in [-0.15, -0.1) is 0 Å². The SMILES string of the molecule is COCCNC12CC3CC(CC(N)(C3)C1)C2. The Morgan fingerprint density at radius 3 is 2.50 bits per heavy atom. The van der Waals surface area contributed by atoms with E-state index < -0.39 is 0 Å². The Morgan fingerprint density at radius 2 is 1.94 bits per heavy atom. The van der Waals surface area contributed by atoms with Crippen molar-refractivity contribution in [3.8, 4) is 0 Å². The molecule has 4 aliphatic carbocycles. The van der Waals surface area contributed by atoms with Gasteiger partial charge in [-0.3, -0.25) is 0 Å². The minimum Gasteiger partial charge on any atom is -0.383 e. The molecule has 4 aliphatic rings. The van der Waals surface area contributed by atoms with Gasteiger partial charge in [0.1, 0.15) is 0 Å². The van der Waals surface area contributed by atoms with Crippen LogP contribution in [0.1, 0.15) is 38.5 Å². The van der Waals surface area contributed by atoms with Gasteiger partial charge in [0.15, 0.2) is 0 Å². The molecule has 0 spiro atoms. The first-order chi connectivity index (χ1) is 7.63. The highest BCUT2D eigenvalue weighted by molar-refractivity contribution is 5.14. The molecule has 0 saturated heterocycles. The molecule has 4 rings (SSSR count). The third-order valence-electron chi connectivity index (χ3n) is 4.91.